The highest BCUT2D eigenvalue weighted by atomic mass is 15.0. The van der Waals surface area contributed by atoms with Gasteiger partial charge in [-0.3, -0.25) is 4.98 Å². The Kier molecular flexibility index (Phi) is 3.77. The number of nitrogens with one attached hydrogen (secondary N) is 1. The summed E-state index contributed by atoms with van der Waals surface area (Å²) < 4.78 is 0. The Morgan fingerprint density at radius 2 is 1.95 bits per heavy atom. The van der Waals surface area contributed by atoms with Gasteiger partial charge in [0.2, 0.25) is 0 Å². The summed E-state index contributed by atoms with van der Waals surface area (Å²) in [6.45, 7) is 4.84. The van der Waals surface area contributed by atoms with Crippen molar-refractivity contribution in [3.8, 4) is 0 Å². The van der Waals surface area contributed by atoms with Gasteiger partial charge in [0.1, 0.15) is 11.6 Å². The van der Waals surface area contributed by atoms with Crippen LogP contribution in [0.5, 0.6) is 0 Å². The highest BCUT2D eigenvalue weighted by Crippen LogP contribution is 2.19. The van der Waals surface area contributed by atoms with Crippen LogP contribution >= 0.6 is 0 Å². The molecule has 2 heterocycles. The number of fused-ring (bicyclic) bond motifs is 1. The van der Waals surface area contributed by atoms with Crippen molar-refractivity contribution in [1.82, 2.24) is 15.0 Å². The Labute approximate surface area is 124 Å². The van der Waals surface area contributed by atoms with Crippen molar-refractivity contribution in [2.75, 3.05) is 11.9 Å². The van der Waals surface area contributed by atoms with Gasteiger partial charge in [0.05, 0.1) is 11.2 Å². The maximum atomic E-state index is 4.55. The van der Waals surface area contributed by atoms with E-state index in [-0.39, 0.29) is 0 Å². The molecule has 21 heavy (non-hydrogen) atoms. The summed E-state index contributed by atoms with van der Waals surface area (Å²) in [4.78, 5) is 13.3. The number of aromatic nitrogens is 3. The Balaban J connectivity index is 1.98. The summed E-state index contributed by atoms with van der Waals surface area (Å²) >= 11 is 0. The topological polar surface area (TPSA) is 50.7 Å². The molecule has 1 N–H and O–H groups in total. The number of nitrogens with zero attached hydrogens (tertiary/aromatic N) is 3. The minimum absolute atomic E-state index is 0.783. The average molecular weight is 278 g/mol. The lowest BCUT2D eigenvalue weighted by Gasteiger charge is -2.09. The second-order valence-electron chi connectivity index (χ2n) is 4.99. The van der Waals surface area contributed by atoms with Crippen molar-refractivity contribution in [1.29, 1.82) is 0 Å². The molecule has 2 aromatic heterocycles. The van der Waals surface area contributed by atoms with Gasteiger partial charge in [-0.05, 0) is 31.5 Å². The van der Waals surface area contributed by atoms with Gasteiger partial charge in [-0.25, -0.2) is 9.97 Å². The molecule has 0 amide bonds. The molecule has 3 rings (SSSR count). The number of anilines is 1. The molecule has 0 saturated carbocycles. The van der Waals surface area contributed by atoms with Gasteiger partial charge in [-0.15, -0.1) is 0 Å². The molecule has 4 nitrogen and oxygen atoms in total. The van der Waals surface area contributed by atoms with Gasteiger partial charge in [-0.2, -0.15) is 0 Å². The number of benzene rings is 1. The molecule has 0 aliphatic rings. The molecule has 0 spiro atoms. The predicted molar refractivity (Wildman–Crippen MR) is 85.5 cm³/mol. The van der Waals surface area contributed by atoms with Gasteiger partial charge in [0.25, 0.3) is 0 Å². The number of aryl methyl sites for hydroxylation is 1. The minimum atomic E-state index is 0.783. The van der Waals surface area contributed by atoms with Gasteiger partial charge in [0, 0.05) is 30.6 Å². The molecule has 1 aromatic carbocycles. The number of pyridine rings is 1. The molecular weight excluding hydrogens is 260 g/mol. The van der Waals surface area contributed by atoms with Crippen LogP contribution in [0.15, 0.2) is 42.6 Å². The van der Waals surface area contributed by atoms with Crippen LogP contribution in [-0.4, -0.2) is 21.5 Å². The first-order valence-corrected chi connectivity index (χ1v) is 7.17. The van der Waals surface area contributed by atoms with E-state index in [4.69, 9.17) is 0 Å². The molecule has 0 unspecified atom stereocenters. The largest absolute Gasteiger partial charge is 0.370 e. The zero-order valence-electron chi connectivity index (χ0n) is 12.3. The average Bonchev–Trinajstić information content (AvgIpc) is 2.47. The summed E-state index contributed by atoms with van der Waals surface area (Å²) in [6, 6.07) is 12.3. The normalized spacial score (nSPS) is 10.8. The highest BCUT2D eigenvalue weighted by molar-refractivity contribution is 5.82. The standard InChI is InChI=1S/C17H18N4/c1-3-18-17-11-14(20-12(2)21-17)10-13-8-9-19-16-7-5-4-6-15(13)16/h4-9,11H,3,10H2,1-2H3,(H,18,20,21). The summed E-state index contributed by atoms with van der Waals surface area (Å²) in [5.41, 5.74) is 3.28. The van der Waals surface area contributed by atoms with Crippen molar-refractivity contribution in [2.24, 2.45) is 0 Å². The fraction of sp³-hybridized carbons (Fsp3) is 0.235. The number of para-hydroxylation sites is 1. The molecule has 0 aliphatic carbocycles. The third-order valence-electron chi connectivity index (χ3n) is 3.36. The molecular formula is C17H18N4. The molecule has 0 aliphatic heterocycles. The molecule has 0 atom stereocenters. The van der Waals surface area contributed by atoms with E-state index in [9.17, 15) is 0 Å². The number of hydrogen-bond acceptors (Lipinski definition) is 4. The van der Waals surface area contributed by atoms with Crippen LogP contribution in [0.3, 0.4) is 0 Å². The van der Waals surface area contributed by atoms with Crippen molar-refractivity contribution in [2.45, 2.75) is 20.3 Å². The van der Waals surface area contributed by atoms with Crippen molar-refractivity contribution >= 4 is 16.7 Å². The van der Waals surface area contributed by atoms with E-state index in [1.165, 1.54) is 10.9 Å². The van der Waals surface area contributed by atoms with Crippen LogP contribution in [0.25, 0.3) is 10.9 Å². The van der Waals surface area contributed by atoms with Crippen LogP contribution < -0.4 is 5.32 Å². The Hall–Kier alpha value is -2.49. The van der Waals surface area contributed by atoms with E-state index in [1.807, 2.05) is 37.4 Å². The molecule has 0 radical (unpaired) electrons. The monoisotopic (exact) mass is 278 g/mol. The Bertz CT molecular complexity index is 762. The minimum Gasteiger partial charge on any atom is -0.370 e. The van der Waals surface area contributed by atoms with Crippen LogP contribution in [0, 0.1) is 6.92 Å². The lowest BCUT2D eigenvalue weighted by molar-refractivity contribution is 0.964. The first-order valence-electron chi connectivity index (χ1n) is 7.17. The highest BCUT2D eigenvalue weighted by Gasteiger charge is 2.06. The van der Waals surface area contributed by atoms with Crippen LogP contribution in [0.2, 0.25) is 0 Å². The maximum absolute atomic E-state index is 4.55. The van der Waals surface area contributed by atoms with Gasteiger partial charge >= 0.3 is 0 Å². The van der Waals surface area contributed by atoms with Crippen LogP contribution in [0.1, 0.15) is 24.0 Å². The fourth-order valence-electron chi connectivity index (χ4n) is 2.50. The Morgan fingerprint density at radius 1 is 1.10 bits per heavy atom. The quantitative estimate of drug-likeness (QED) is 0.795. The molecule has 3 aromatic rings. The van der Waals surface area contributed by atoms with E-state index in [0.717, 1.165) is 35.8 Å². The molecule has 0 saturated heterocycles. The summed E-state index contributed by atoms with van der Waals surface area (Å²) in [7, 11) is 0. The van der Waals surface area contributed by atoms with E-state index in [1.54, 1.807) is 0 Å². The van der Waals surface area contributed by atoms with E-state index < -0.39 is 0 Å². The van der Waals surface area contributed by atoms with Gasteiger partial charge in [0.15, 0.2) is 0 Å². The molecule has 4 heteroatoms. The third-order valence-corrected chi connectivity index (χ3v) is 3.36. The Morgan fingerprint density at radius 3 is 2.81 bits per heavy atom. The van der Waals surface area contributed by atoms with E-state index in [2.05, 4.69) is 39.3 Å². The van der Waals surface area contributed by atoms with Crippen LogP contribution in [0.4, 0.5) is 5.82 Å². The summed E-state index contributed by atoms with van der Waals surface area (Å²) in [6.07, 6.45) is 2.64. The zero-order chi connectivity index (χ0) is 14.7. The number of rotatable bonds is 4. The van der Waals surface area contributed by atoms with Crippen molar-refractivity contribution < 1.29 is 0 Å². The van der Waals surface area contributed by atoms with E-state index >= 15 is 0 Å². The van der Waals surface area contributed by atoms with Gasteiger partial charge in [-0.1, -0.05) is 18.2 Å². The third kappa shape index (κ3) is 2.99. The second kappa shape index (κ2) is 5.87. The molecule has 0 fully saturated rings. The predicted octanol–water partition coefficient (Wildman–Crippen LogP) is 3.36. The lowest BCUT2D eigenvalue weighted by atomic mass is 10.0. The zero-order valence-corrected chi connectivity index (χ0v) is 12.3. The second-order valence-corrected chi connectivity index (χ2v) is 4.99. The SMILES string of the molecule is CCNc1cc(Cc2ccnc3ccccc23)nc(C)n1. The lowest BCUT2D eigenvalue weighted by Crippen LogP contribution is -2.04. The van der Waals surface area contributed by atoms with E-state index in [0.29, 0.717) is 0 Å². The molecule has 106 valence electrons. The van der Waals surface area contributed by atoms with Crippen molar-refractivity contribution in [3.63, 3.8) is 0 Å². The smallest absolute Gasteiger partial charge is 0.129 e. The maximum Gasteiger partial charge on any atom is 0.129 e. The van der Waals surface area contributed by atoms with Gasteiger partial charge < -0.3 is 5.32 Å². The number of hydrogen-bond donors (Lipinski definition) is 1. The molecule has 0 bridgehead atoms. The summed E-state index contributed by atoms with van der Waals surface area (Å²) in [5.74, 6) is 1.68. The fourth-order valence-corrected chi connectivity index (χ4v) is 2.50. The summed E-state index contributed by atoms with van der Waals surface area (Å²) in [5, 5.41) is 4.43. The first-order chi connectivity index (χ1) is 10.3. The van der Waals surface area contributed by atoms with Crippen LogP contribution in [-0.2, 0) is 6.42 Å². The first kappa shape index (κ1) is 13.5. The van der Waals surface area contributed by atoms with Crippen molar-refractivity contribution in [3.05, 3.63) is 59.7 Å².